The predicted octanol–water partition coefficient (Wildman–Crippen LogP) is 5.66. The Kier molecular flexibility index (Phi) is 4.72. The van der Waals surface area contributed by atoms with E-state index in [9.17, 15) is 5.26 Å². The van der Waals surface area contributed by atoms with Gasteiger partial charge < -0.3 is 0 Å². The summed E-state index contributed by atoms with van der Waals surface area (Å²) in [4.78, 5) is 4.60. The Bertz CT molecular complexity index is 883. The van der Waals surface area contributed by atoms with Gasteiger partial charge in [0, 0.05) is 18.0 Å². The molecular formula is C22H23N3. The van der Waals surface area contributed by atoms with E-state index >= 15 is 0 Å². The standard InChI is InChI=1S/C22H23N3/c1-15(2)19-12-17(14-23)13-20(16(3)4)21(19)25-11-10-24-22(25)18-8-6-5-7-9-18/h5-13,15-16H,1-4H3. The van der Waals surface area contributed by atoms with Crippen molar-refractivity contribution in [3.8, 4) is 23.1 Å². The Hall–Kier alpha value is -2.86. The fraction of sp³-hybridized carbons (Fsp3) is 0.273. The first-order valence-corrected chi connectivity index (χ1v) is 8.70. The summed E-state index contributed by atoms with van der Waals surface area (Å²) in [6, 6.07) is 16.6. The van der Waals surface area contributed by atoms with Crippen molar-refractivity contribution in [1.82, 2.24) is 9.55 Å². The van der Waals surface area contributed by atoms with Gasteiger partial charge in [0.1, 0.15) is 5.82 Å². The average molecular weight is 329 g/mol. The molecule has 0 radical (unpaired) electrons. The highest BCUT2D eigenvalue weighted by Gasteiger charge is 2.20. The zero-order chi connectivity index (χ0) is 18.0. The number of nitrogens with zero attached hydrogens (tertiary/aromatic N) is 3. The van der Waals surface area contributed by atoms with Crippen molar-refractivity contribution in [3.63, 3.8) is 0 Å². The third-order valence-corrected chi connectivity index (χ3v) is 4.46. The van der Waals surface area contributed by atoms with Crippen LogP contribution in [0.1, 0.15) is 56.2 Å². The van der Waals surface area contributed by atoms with Crippen molar-refractivity contribution < 1.29 is 0 Å². The van der Waals surface area contributed by atoms with Gasteiger partial charge in [-0.2, -0.15) is 5.26 Å². The smallest absolute Gasteiger partial charge is 0.144 e. The van der Waals surface area contributed by atoms with Gasteiger partial charge in [-0.1, -0.05) is 58.0 Å². The Morgan fingerprint density at radius 1 is 0.960 bits per heavy atom. The van der Waals surface area contributed by atoms with Crippen molar-refractivity contribution in [3.05, 3.63) is 71.5 Å². The zero-order valence-electron chi connectivity index (χ0n) is 15.2. The van der Waals surface area contributed by atoms with E-state index in [2.05, 4.69) is 55.4 Å². The lowest BCUT2D eigenvalue weighted by Gasteiger charge is -2.22. The van der Waals surface area contributed by atoms with Crippen molar-refractivity contribution in [1.29, 1.82) is 5.26 Å². The van der Waals surface area contributed by atoms with E-state index in [4.69, 9.17) is 0 Å². The Balaban J connectivity index is 2.32. The minimum absolute atomic E-state index is 0.312. The average Bonchev–Trinajstić information content (AvgIpc) is 3.10. The van der Waals surface area contributed by atoms with Crippen LogP contribution in [0.4, 0.5) is 0 Å². The zero-order valence-corrected chi connectivity index (χ0v) is 15.2. The first-order valence-electron chi connectivity index (χ1n) is 8.70. The Morgan fingerprint density at radius 3 is 2.08 bits per heavy atom. The van der Waals surface area contributed by atoms with Crippen LogP contribution >= 0.6 is 0 Å². The predicted molar refractivity (Wildman–Crippen MR) is 102 cm³/mol. The molecule has 0 aliphatic rings. The van der Waals surface area contributed by atoms with E-state index in [1.807, 2.05) is 42.7 Å². The monoisotopic (exact) mass is 329 g/mol. The maximum absolute atomic E-state index is 9.43. The summed E-state index contributed by atoms with van der Waals surface area (Å²) >= 11 is 0. The highest BCUT2D eigenvalue weighted by atomic mass is 15.1. The number of imidazole rings is 1. The van der Waals surface area contributed by atoms with Crippen LogP contribution in [0.3, 0.4) is 0 Å². The molecule has 0 saturated carbocycles. The molecule has 0 fully saturated rings. The summed E-state index contributed by atoms with van der Waals surface area (Å²) in [7, 11) is 0. The summed E-state index contributed by atoms with van der Waals surface area (Å²) < 4.78 is 2.17. The molecule has 0 unspecified atom stereocenters. The summed E-state index contributed by atoms with van der Waals surface area (Å²) in [5.74, 6) is 1.55. The maximum Gasteiger partial charge on any atom is 0.144 e. The minimum atomic E-state index is 0.312. The molecule has 0 N–H and O–H groups in total. The molecule has 3 nitrogen and oxygen atoms in total. The molecule has 0 spiro atoms. The van der Waals surface area contributed by atoms with Crippen LogP contribution in [0.25, 0.3) is 17.1 Å². The van der Waals surface area contributed by atoms with E-state index in [1.54, 1.807) is 0 Å². The van der Waals surface area contributed by atoms with E-state index < -0.39 is 0 Å². The van der Waals surface area contributed by atoms with Crippen molar-refractivity contribution in [2.75, 3.05) is 0 Å². The van der Waals surface area contributed by atoms with Gasteiger partial charge in [-0.25, -0.2) is 4.98 Å². The second-order valence-corrected chi connectivity index (χ2v) is 6.91. The molecule has 0 saturated heterocycles. The molecule has 0 aliphatic heterocycles. The fourth-order valence-corrected chi connectivity index (χ4v) is 3.19. The van der Waals surface area contributed by atoms with Crippen LogP contribution in [0.2, 0.25) is 0 Å². The van der Waals surface area contributed by atoms with E-state index in [0.29, 0.717) is 11.8 Å². The molecular weight excluding hydrogens is 306 g/mol. The second-order valence-electron chi connectivity index (χ2n) is 6.91. The first-order chi connectivity index (χ1) is 12.0. The quantitative estimate of drug-likeness (QED) is 0.620. The summed E-state index contributed by atoms with van der Waals surface area (Å²) in [5.41, 5.74) is 5.31. The van der Waals surface area contributed by atoms with Gasteiger partial charge in [0.05, 0.1) is 17.3 Å². The lowest BCUT2D eigenvalue weighted by Crippen LogP contribution is -2.08. The largest absolute Gasteiger partial charge is 0.299 e. The molecule has 0 bridgehead atoms. The normalized spacial score (nSPS) is 11.1. The van der Waals surface area contributed by atoms with Gasteiger partial charge in [0.25, 0.3) is 0 Å². The lowest BCUT2D eigenvalue weighted by molar-refractivity contribution is 0.805. The van der Waals surface area contributed by atoms with Crippen LogP contribution in [-0.4, -0.2) is 9.55 Å². The Morgan fingerprint density at radius 2 is 1.56 bits per heavy atom. The van der Waals surface area contributed by atoms with Gasteiger partial charge in [-0.05, 0) is 35.1 Å². The molecule has 2 aromatic carbocycles. The molecule has 126 valence electrons. The first kappa shape index (κ1) is 17.0. The molecule has 3 aromatic rings. The number of benzene rings is 2. The van der Waals surface area contributed by atoms with Crippen LogP contribution < -0.4 is 0 Å². The summed E-state index contributed by atoms with van der Waals surface area (Å²) in [5, 5.41) is 9.43. The lowest BCUT2D eigenvalue weighted by atomic mass is 9.90. The fourth-order valence-electron chi connectivity index (χ4n) is 3.19. The topological polar surface area (TPSA) is 41.6 Å². The number of hydrogen-bond donors (Lipinski definition) is 0. The van der Waals surface area contributed by atoms with Gasteiger partial charge in [-0.3, -0.25) is 4.57 Å². The minimum Gasteiger partial charge on any atom is -0.299 e. The highest BCUT2D eigenvalue weighted by Crippen LogP contribution is 2.34. The van der Waals surface area contributed by atoms with Crippen LogP contribution in [0.5, 0.6) is 0 Å². The van der Waals surface area contributed by atoms with E-state index in [1.165, 1.54) is 11.1 Å². The third-order valence-electron chi connectivity index (χ3n) is 4.46. The summed E-state index contributed by atoms with van der Waals surface area (Å²) in [6.07, 6.45) is 3.86. The second kappa shape index (κ2) is 6.94. The van der Waals surface area contributed by atoms with E-state index in [0.717, 1.165) is 22.6 Å². The van der Waals surface area contributed by atoms with Gasteiger partial charge in [-0.15, -0.1) is 0 Å². The molecule has 25 heavy (non-hydrogen) atoms. The van der Waals surface area contributed by atoms with Crippen molar-refractivity contribution >= 4 is 0 Å². The van der Waals surface area contributed by atoms with Crippen LogP contribution in [-0.2, 0) is 0 Å². The molecule has 3 heteroatoms. The molecule has 3 rings (SSSR count). The Labute approximate surface area is 149 Å². The maximum atomic E-state index is 9.43. The van der Waals surface area contributed by atoms with Gasteiger partial charge in [0.15, 0.2) is 0 Å². The number of nitriles is 1. The molecule has 1 heterocycles. The third kappa shape index (κ3) is 3.21. The molecule has 0 atom stereocenters. The number of rotatable bonds is 4. The molecule has 0 amide bonds. The van der Waals surface area contributed by atoms with Crippen LogP contribution in [0.15, 0.2) is 54.9 Å². The molecule has 1 aromatic heterocycles. The number of aromatic nitrogens is 2. The SMILES string of the molecule is CC(C)c1cc(C#N)cc(C(C)C)c1-n1ccnc1-c1ccccc1. The molecule has 0 aliphatic carbocycles. The number of hydrogen-bond acceptors (Lipinski definition) is 2. The van der Waals surface area contributed by atoms with Gasteiger partial charge >= 0.3 is 0 Å². The van der Waals surface area contributed by atoms with Gasteiger partial charge in [0.2, 0.25) is 0 Å². The summed E-state index contributed by atoms with van der Waals surface area (Å²) in [6.45, 7) is 8.68. The van der Waals surface area contributed by atoms with Crippen molar-refractivity contribution in [2.45, 2.75) is 39.5 Å². The van der Waals surface area contributed by atoms with Crippen molar-refractivity contribution in [2.24, 2.45) is 0 Å². The highest BCUT2D eigenvalue weighted by molar-refractivity contribution is 5.63. The van der Waals surface area contributed by atoms with Crippen LogP contribution in [0, 0.1) is 11.3 Å². The van der Waals surface area contributed by atoms with E-state index in [-0.39, 0.29) is 0 Å².